The highest BCUT2D eigenvalue weighted by Gasteiger charge is 2.51. The largest absolute Gasteiger partial charge is 0.335 e. The number of amides is 2. The summed E-state index contributed by atoms with van der Waals surface area (Å²) in [7, 11) is 0. The van der Waals surface area contributed by atoms with Crippen LogP contribution < -0.4 is 10.7 Å². The number of non-ortho nitro benzene ring substituents is 1. The highest BCUT2D eigenvalue weighted by molar-refractivity contribution is 5.82. The van der Waals surface area contributed by atoms with Gasteiger partial charge in [-0.1, -0.05) is 0 Å². The van der Waals surface area contributed by atoms with E-state index in [9.17, 15) is 14.9 Å². The van der Waals surface area contributed by atoms with Crippen molar-refractivity contribution in [3.05, 3.63) is 39.9 Å². The molecule has 1 aromatic carbocycles. The van der Waals surface area contributed by atoms with E-state index < -0.39 is 4.92 Å². The summed E-state index contributed by atoms with van der Waals surface area (Å²) in [4.78, 5) is 22.4. The second kappa shape index (κ2) is 6.13. The van der Waals surface area contributed by atoms with Gasteiger partial charge in [0.2, 0.25) is 0 Å². The van der Waals surface area contributed by atoms with E-state index in [-0.39, 0.29) is 17.3 Å². The van der Waals surface area contributed by atoms with Crippen LogP contribution in [-0.4, -0.2) is 22.7 Å². The molecular weight excluding hydrogens is 320 g/mol. The molecule has 0 heterocycles. The first-order chi connectivity index (χ1) is 12.0. The molecule has 7 heteroatoms. The molecule has 2 N–H and O–H groups in total. The minimum atomic E-state index is -0.446. The summed E-state index contributed by atoms with van der Waals surface area (Å²) in [6, 6.07) is 5.76. The fourth-order valence-electron chi connectivity index (χ4n) is 5.38. The lowest BCUT2D eigenvalue weighted by atomic mass is 9.53. The Labute approximate surface area is 146 Å². The lowest BCUT2D eigenvalue weighted by molar-refractivity contribution is -0.384. The van der Waals surface area contributed by atoms with E-state index in [2.05, 4.69) is 15.8 Å². The number of urea groups is 1. The van der Waals surface area contributed by atoms with Crippen LogP contribution in [0.1, 0.15) is 44.1 Å². The monoisotopic (exact) mass is 342 g/mol. The van der Waals surface area contributed by atoms with Gasteiger partial charge in [0.05, 0.1) is 11.1 Å². The zero-order chi connectivity index (χ0) is 17.4. The summed E-state index contributed by atoms with van der Waals surface area (Å²) in [6.45, 7) is 0. The summed E-state index contributed by atoms with van der Waals surface area (Å²) in [5.41, 5.74) is 3.22. The molecule has 0 aromatic heterocycles. The van der Waals surface area contributed by atoms with Gasteiger partial charge in [-0.25, -0.2) is 10.2 Å². The molecule has 0 radical (unpaired) electrons. The van der Waals surface area contributed by atoms with Crippen molar-refractivity contribution in [1.29, 1.82) is 0 Å². The molecule has 4 fully saturated rings. The molecule has 1 aromatic rings. The van der Waals surface area contributed by atoms with Gasteiger partial charge in [0, 0.05) is 17.7 Å². The number of nitrogens with zero attached hydrogens (tertiary/aromatic N) is 2. The van der Waals surface area contributed by atoms with Gasteiger partial charge in [0.15, 0.2) is 0 Å². The van der Waals surface area contributed by atoms with Crippen molar-refractivity contribution in [2.75, 3.05) is 0 Å². The van der Waals surface area contributed by atoms with Crippen LogP contribution in [0.15, 0.2) is 29.4 Å². The Morgan fingerprint density at radius 2 is 1.68 bits per heavy atom. The van der Waals surface area contributed by atoms with Crippen LogP contribution in [0.5, 0.6) is 0 Å². The van der Waals surface area contributed by atoms with Crippen LogP contribution in [0.3, 0.4) is 0 Å². The molecule has 2 amide bonds. The summed E-state index contributed by atoms with van der Waals surface area (Å²) >= 11 is 0. The molecule has 7 nitrogen and oxygen atoms in total. The molecule has 4 saturated carbocycles. The van der Waals surface area contributed by atoms with E-state index in [1.54, 1.807) is 12.1 Å². The Kier molecular flexibility index (Phi) is 3.94. The molecule has 0 saturated heterocycles. The summed E-state index contributed by atoms with van der Waals surface area (Å²) in [6.07, 6.45) is 8.78. The second-order valence-corrected chi connectivity index (χ2v) is 7.87. The van der Waals surface area contributed by atoms with E-state index in [1.807, 2.05) is 0 Å². The maximum Gasteiger partial charge on any atom is 0.335 e. The van der Waals surface area contributed by atoms with Crippen LogP contribution in [-0.2, 0) is 0 Å². The highest BCUT2D eigenvalue weighted by Crippen LogP contribution is 2.55. The normalized spacial score (nSPS) is 32.7. The minimum Gasteiger partial charge on any atom is -0.331 e. The smallest absolute Gasteiger partial charge is 0.331 e. The molecule has 4 bridgehead atoms. The van der Waals surface area contributed by atoms with E-state index in [0.717, 1.165) is 37.0 Å². The molecule has 4 aliphatic rings. The van der Waals surface area contributed by atoms with Crippen molar-refractivity contribution in [1.82, 2.24) is 10.7 Å². The number of nitro groups is 1. The van der Waals surface area contributed by atoms with E-state index >= 15 is 0 Å². The highest BCUT2D eigenvalue weighted by atomic mass is 16.6. The quantitative estimate of drug-likeness (QED) is 0.499. The van der Waals surface area contributed by atoms with Gasteiger partial charge >= 0.3 is 6.03 Å². The number of nitro benzene ring substituents is 1. The van der Waals surface area contributed by atoms with Crippen molar-refractivity contribution in [3.8, 4) is 0 Å². The zero-order valence-electron chi connectivity index (χ0n) is 14.0. The fraction of sp³-hybridized carbons (Fsp3) is 0.556. The van der Waals surface area contributed by atoms with Gasteiger partial charge in [-0.15, -0.1) is 0 Å². The Morgan fingerprint density at radius 3 is 2.20 bits per heavy atom. The summed E-state index contributed by atoms with van der Waals surface area (Å²) in [5.74, 6) is 2.32. The number of carbonyl (C=O) groups is 1. The average molecular weight is 342 g/mol. The number of hydrazone groups is 1. The summed E-state index contributed by atoms with van der Waals surface area (Å²) < 4.78 is 0. The molecular formula is C18H22N4O3. The Hall–Kier alpha value is -2.44. The number of benzene rings is 1. The van der Waals surface area contributed by atoms with Crippen molar-refractivity contribution in [3.63, 3.8) is 0 Å². The second-order valence-electron chi connectivity index (χ2n) is 7.87. The van der Waals surface area contributed by atoms with Crippen LogP contribution in [0.4, 0.5) is 10.5 Å². The third-order valence-corrected chi connectivity index (χ3v) is 5.90. The summed E-state index contributed by atoms with van der Waals surface area (Å²) in [5, 5.41) is 17.8. The number of hydrogen-bond donors (Lipinski definition) is 2. The molecule has 5 rings (SSSR count). The third kappa shape index (κ3) is 3.36. The average Bonchev–Trinajstić information content (AvgIpc) is 2.53. The number of rotatable bonds is 4. The van der Waals surface area contributed by atoms with Gasteiger partial charge < -0.3 is 5.32 Å². The third-order valence-electron chi connectivity index (χ3n) is 5.90. The van der Waals surface area contributed by atoms with Crippen molar-refractivity contribution < 1.29 is 9.72 Å². The Balaban J connectivity index is 1.33. The van der Waals surface area contributed by atoms with E-state index in [4.69, 9.17) is 0 Å². The first-order valence-electron chi connectivity index (χ1n) is 8.87. The first kappa shape index (κ1) is 16.1. The topological polar surface area (TPSA) is 96.6 Å². The van der Waals surface area contributed by atoms with Crippen LogP contribution in [0.2, 0.25) is 0 Å². The molecule has 0 unspecified atom stereocenters. The SMILES string of the molecule is O=C(NN=Cc1ccc([N+](=O)[O-])cc1)NC12CC3CC(CC(C3)C1)C2. The molecule has 0 spiro atoms. The lowest BCUT2D eigenvalue weighted by Crippen LogP contribution is -2.61. The van der Waals surface area contributed by atoms with Crippen LogP contribution in [0.25, 0.3) is 0 Å². The van der Waals surface area contributed by atoms with Gasteiger partial charge in [0.1, 0.15) is 0 Å². The van der Waals surface area contributed by atoms with E-state index in [1.165, 1.54) is 37.6 Å². The standard InChI is InChI=1S/C18H22N4O3/c23-17(21-19-11-12-1-3-16(4-2-12)22(24)25)20-18-8-13-5-14(9-18)7-15(6-13)10-18/h1-4,11,13-15H,5-10H2,(H2,20,21,23). The fourth-order valence-corrected chi connectivity index (χ4v) is 5.38. The van der Waals surface area contributed by atoms with E-state index in [0.29, 0.717) is 5.56 Å². The van der Waals surface area contributed by atoms with Gasteiger partial charge in [-0.3, -0.25) is 10.1 Å². The number of carbonyl (C=O) groups excluding carboxylic acids is 1. The molecule has 4 aliphatic carbocycles. The molecule has 132 valence electrons. The van der Waals surface area contributed by atoms with Crippen LogP contribution in [0, 0.1) is 27.9 Å². The Morgan fingerprint density at radius 1 is 1.12 bits per heavy atom. The molecule has 25 heavy (non-hydrogen) atoms. The first-order valence-corrected chi connectivity index (χ1v) is 8.87. The number of nitrogens with one attached hydrogen (secondary N) is 2. The van der Waals surface area contributed by atoms with Gasteiger partial charge in [-0.05, 0) is 74.0 Å². The number of hydrogen-bond acceptors (Lipinski definition) is 4. The van der Waals surface area contributed by atoms with Crippen LogP contribution >= 0.6 is 0 Å². The maximum atomic E-state index is 12.2. The lowest BCUT2D eigenvalue weighted by Gasteiger charge is -2.56. The van der Waals surface area contributed by atoms with Crippen molar-refractivity contribution in [2.24, 2.45) is 22.9 Å². The van der Waals surface area contributed by atoms with Gasteiger partial charge in [0.25, 0.3) is 5.69 Å². The predicted octanol–water partition coefficient (Wildman–Crippen LogP) is 3.20. The van der Waals surface area contributed by atoms with Crippen molar-refractivity contribution >= 4 is 17.9 Å². The van der Waals surface area contributed by atoms with Crippen molar-refractivity contribution in [2.45, 2.75) is 44.1 Å². The van der Waals surface area contributed by atoms with Gasteiger partial charge in [-0.2, -0.15) is 5.10 Å². The molecule has 0 aliphatic heterocycles. The Bertz CT molecular complexity index is 678. The predicted molar refractivity (Wildman–Crippen MR) is 93.3 cm³/mol. The minimum absolute atomic E-state index is 0.0321. The molecule has 0 atom stereocenters. The maximum absolute atomic E-state index is 12.2. The zero-order valence-corrected chi connectivity index (χ0v) is 14.0.